The highest BCUT2D eigenvalue weighted by molar-refractivity contribution is 5.89. The molecule has 0 aromatic carbocycles. The number of nitrogens with two attached hydrogens (primary N) is 1. The van der Waals surface area contributed by atoms with E-state index in [9.17, 15) is 9.59 Å². The molecule has 0 aromatic heterocycles. The number of rotatable bonds is 5. The zero-order valence-corrected chi connectivity index (χ0v) is 8.27. The molecule has 4 N–H and O–H groups in total. The summed E-state index contributed by atoms with van der Waals surface area (Å²) in [4.78, 5) is 19.1. The Morgan fingerprint density at radius 1 is 1.14 bits per heavy atom. The average molecular weight is 203 g/mol. The summed E-state index contributed by atoms with van der Waals surface area (Å²) < 4.78 is 0. The van der Waals surface area contributed by atoms with E-state index < -0.39 is 11.9 Å². The summed E-state index contributed by atoms with van der Waals surface area (Å²) in [6, 6.07) is 0. The van der Waals surface area contributed by atoms with E-state index in [-0.39, 0.29) is 0 Å². The molecule has 0 aromatic rings. The van der Waals surface area contributed by atoms with Crippen LogP contribution in [-0.4, -0.2) is 28.7 Å². The van der Waals surface area contributed by atoms with Gasteiger partial charge < -0.3 is 15.9 Å². The Morgan fingerprint density at radius 2 is 1.57 bits per heavy atom. The van der Waals surface area contributed by atoms with Crippen LogP contribution in [0.2, 0.25) is 0 Å². The lowest BCUT2D eigenvalue weighted by Crippen LogP contribution is -1.96. The largest absolute Gasteiger partial charge is 0.478 e. The van der Waals surface area contributed by atoms with Gasteiger partial charge in [-0.05, 0) is 13.0 Å². The monoisotopic (exact) mass is 203 g/mol. The second kappa shape index (κ2) is 11.6. The summed E-state index contributed by atoms with van der Waals surface area (Å²) in [5.74, 6) is -2.51. The van der Waals surface area contributed by atoms with E-state index in [1.54, 1.807) is 0 Å². The second-order valence-corrected chi connectivity index (χ2v) is 2.51. The lowest BCUT2D eigenvalue weighted by Gasteiger charge is -1.86. The molecule has 0 rings (SSSR count). The van der Waals surface area contributed by atoms with Crippen LogP contribution < -0.4 is 5.73 Å². The van der Waals surface area contributed by atoms with Gasteiger partial charge in [0.2, 0.25) is 0 Å². The van der Waals surface area contributed by atoms with Crippen molar-refractivity contribution in [2.45, 2.75) is 26.2 Å². The maximum Gasteiger partial charge on any atom is 0.328 e. The first-order chi connectivity index (χ1) is 6.54. The fraction of sp³-hybridized carbons (Fsp3) is 0.556. The normalized spacial score (nSPS) is 9.29. The van der Waals surface area contributed by atoms with Crippen LogP contribution in [0.5, 0.6) is 0 Å². The summed E-state index contributed by atoms with van der Waals surface area (Å²) in [6.45, 7) is 3.03. The molecule has 14 heavy (non-hydrogen) atoms. The highest BCUT2D eigenvalue weighted by atomic mass is 16.4. The minimum absolute atomic E-state index is 0.558. The minimum atomic E-state index is -1.26. The number of hydrogen-bond acceptors (Lipinski definition) is 3. The summed E-state index contributed by atoms with van der Waals surface area (Å²) >= 11 is 0. The van der Waals surface area contributed by atoms with E-state index >= 15 is 0 Å². The number of aliphatic carboxylic acids is 2. The van der Waals surface area contributed by atoms with E-state index in [0.717, 1.165) is 6.54 Å². The van der Waals surface area contributed by atoms with Gasteiger partial charge in [0.15, 0.2) is 0 Å². The number of carboxylic acid groups (broad SMARTS) is 2. The van der Waals surface area contributed by atoms with Crippen LogP contribution in [0.15, 0.2) is 12.2 Å². The fourth-order valence-corrected chi connectivity index (χ4v) is 0.537. The minimum Gasteiger partial charge on any atom is -0.478 e. The second-order valence-electron chi connectivity index (χ2n) is 2.51. The van der Waals surface area contributed by atoms with Crippen molar-refractivity contribution in [3.63, 3.8) is 0 Å². The maximum atomic E-state index is 9.55. The van der Waals surface area contributed by atoms with Gasteiger partial charge >= 0.3 is 11.9 Å². The molecule has 0 saturated carbocycles. The van der Waals surface area contributed by atoms with Gasteiger partial charge in [-0.25, -0.2) is 9.59 Å². The third kappa shape index (κ3) is 22.4. The van der Waals surface area contributed by atoms with E-state index in [2.05, 4.69) is 6.92 Å². The van der Waals surface area contributed by atoms with Crippen LogP contribution in [0.1, 0.15) is 26.2 Å². The molecule has 0 saturated heterocycles. The van der Waals surface area contributed by atoms with Crippen molar-refractivity contribution in [2.75, 3.05) is 6.54 Å². The molecule has 0 aliphatic rings. The molecular formula is C9H17NO4. The third-order valence-corrected chi connectivity index (χ3v) is 1.18. The zero-order chi connectivity index (χ0) is 11.4. The van der Waals surface area contributed by atoms with Gasteiger partial charge in [0.1, 0.15) is 0 Å². The predicted molar refractivity (Wildman–Crippen MR) is 53.0 cm³/mol. The van der Waals surface area contributed by atoms with E-state index in [1.807, 2.05) is 0 Å². The highest BCUT2D eigenvalue weighted by Gasteiger charge is 1.88. The Labute approximate surface area is 83.2 Å². The van der Waals surface area contributed by atoms with Crippen LogP contribution in [0.25, 0.3) is 0 Å². The first kappa shape index (κ1) is 15.1. The van der Waals surface area contributed by atoms with Gasteiger partial charge in [-0.2, -0.15) is 0 Å². The Morgan fingerprint density at radius 3 is 1.71 bits per heavy atom. The van der Waals surface area contributed by atoms with Gasteiger partial charge in [0.25, 0.3) is 0 Å². The molecular weight excluding hydrogens is 186 g/mol. The number of carboxylic acids is 2. The topological polar surface area (TPSA) is 101 Å². The molecule has 0 aliphatic carbocycles. The molecule has 0 atom stereocenters. The van der Waals surface area contributed by atoms with Crippen molar-refractivity contribution >= 4 is 11.9 Å². The third-order valence-electron chi connectivity index (χ3n) is 1.18. The molecule has 5 nitrogen and oxygen atoms in total. The summed E-state index contributed by atoms with van der Waals surface area (Å²) in [5.41, 5.74) is 5.21. The first-order valence-electron chi connectivity index (χ1n) is 4.38. The van der Waals surface area contributed by atoms with E-state index in [4.69, 9.17) is 15.9 Å². The van der Waals surface area contributed by atoms with Gasteiger partial charge in [-0.1, -0.05) is 19.8 Å². The molecule has 0 spiro atoms. The average Bonchev–Trinajstić information content (AvgIpc) is 2.12. The Kier molecular flexibility index (Phi) is 12.6. The Balaban J connectivity index is 0. The van der Waals surface area contributed by atoms with Crippen molar-refractivity contribution in [3.8, 4) is 0 Å². The van der Waals surface area contributed by atoms with Crippen LogP contribution in [0.3, 0.4) is 0 Å². The van der Waals surface area contributed by atoms with Crippen LogP contribution in [0.4, 0.5) is 0 Å². The first-order valence-corrected chi connectivity index (χ1v) is 4.38. The van der Waals surface area contributed by atoms with Gasteiger partial charge in [0, 0.05) is 12.2 Å². The fourth-order valence-electron chi connectivity index (χ4n) is 0.537. The number of hydrogen-bond donors (Lipinski definition) is 3. The van der Waals surface area contributed by atoms with Crippen molar-refractivity contribution in [2.24, 2.45) is 5.73 Å². The number of carbonyl (C=O) groups is 2. The molecule has 0 unspecified atom stereocenters. The van der Waals surface area contributed by atoms with E-state index in [1.165, 1.54) is 19.3 Å². The van der Waals surface area contributed by atoms with E-state index in [0.29, 0.717) is 12.2 Å². The molecule has 0 heterocycles. The van der Waals surface area contributed by atoms with Crippen molar-refractivity contribution in [1.29, 1.82) is 0 Å². The molecule has 0 aliphatic heterocycles. The van der Waals surface area contributed by atoms with Crippen molar-refractivity contribution in [3.05, 3.63) is 12.2 Å². The molecule has 0 fully saturated rings. The smallest absolute Gasteiger partial charge is 0.328 e. The SMILES string of the molecule is CCCCCN.O=C(O)/C=C/C(=O)O. The maximum absolute atomic E-state index is 9.55. The standard InChI is InChI=1S/C5H13N.C4H4O4/c1-2-3-4-5-6;5-3(6)1-2-4(7)8/h2-6H2,1H3;1-2H,(H,5,6)(H,7,8)/b;2-1+. The molecule has 0 bridgehead atoms. The van der Waals surface area contributed by atoms with Gasteiger partial charge in [-0.15, -0.1) is 0 Å². The van der Waals surface area contributed by atoms with Crippen molar-refractivity contribution < 1.29 is 19.8 Å². The highest BCUT2D eigenvalue weighted by Crippen LogP contribution is 1.88. The van der Waals surface area contributed by atoms with Gasteiger partial charge in [-0.3, -0.25) is 0 Å². The van der Waals surface area contributed by atoms with Crippen LogP contribution in [0, 0.1) is 0 Å². The Bertz CT molecular complexity index is 169. The van der Waals surface area contributed by atoms with Crippen LogP contribution >= 0.6 is 0 Å². The summed E-state index contributed by atoms with van der Waals surface area (Å²) in [6.07, 6.45) is 4.87. The molecule has 5 heteroatoms. The molecule has 0 radical (unpaired) electrons. The summed E-state index contributed by atoms with van der Waals surface area (Å²) in [7, 11) is 0. The number of unbranched alkanes of at least 4 members (excludes halogenated alkanes) is 2. The van der Waals surface area contributed by atoms with Crippen LogP contribution in [-0.2, 0) is 9.59 Å². The van der Waals surface area contributed by atoms with Gasteiger partial charge in [0.05, 0.1) is 0 Å². The molecule has 82 valence electrons. The lowest BCUT2D eigenvalue weighted by atomic mass is 10.3. The summed E-state index contributed by atoms with van der Waals surface area (Å²) in [5, 5.41) is 15.6. The van der Waals surface area contributed by atoms with Crippen molar-refractivity contribution in [1.82, 2.24) is 0 Å². The molecule has 0 amide bonds. The quantitative estimate of drug-likeness (QED) is 0.454. The zero-order valence-electron chi connectivity index (χ0n) is 8.27. The Hall–Kier alpha value is -1.36. The predicted octanol–water partition coefficient (Wildman–Crippen LogP) is 0.847. The lowest BCUT2D eigenvalue weighted by molar-refractivity contribution is -0.134.